The zero-order chi connectivity index (χ0) is 13.1. The van der Waals surface area contributed by atoms with Crippen LogP contribution in [0.3, 0.4) is 0 Å². The van der Waals surface area contributed by atoms with Gasteiger partial charge >= 0.3 is 6.01 Å². The first-order chi connectivity index (χ1) is 8.58. The number of aromatic nitrogens is 3. The quantitative estimate of drug-likeness (QED) is 0.899. The number of methoxy groups -OCH3 is 1. The zero-order valence-corrected chi connectivity index (χ0v) is 11.7. The van der Waals surface area contributed by atoms with E-state index in [9.17, 15) is 0 Å². The number of nitrogens with two attached hydrogens (primary N) is 1. The Morgan fingerprint density at radius 1 is 1.33 bits per heavy atom. The van der Waals surface area contributed by atoms with Gasteiger partial charge in [0.2, 0.25) is 11.9 Å². The Hall–Kier alpha value is -1.60. The van der Waals surface area contributed by atoms with E-state index in [2.05, 4.69) is 36.2 Å². The highest BCUT2D eigenvalue weighted by molar-refractivity contribution is 9.10. The summed E-state index contributed by atoms with van der Waals surface area (Å²) < 4.78 is 5.78. The van der Waals surface area contributed by atoms with Gasteiger partial charge in [-0.25, -0.2) is 0 Å². The smallest absolute Gasteiger partial charge is 0.322 e. The summed E-state index contributed by atoms with van der Waals surface area (Å²) >= 11 is 9.39. The zero-order valence-electron chi connectivity index (χ0n) is 9.32. The molecule has 1 heterocycles. The van der Waals surface area contributed by atoms with Crippen molar-refractivity contribution in [1.29, 1.82) is 0 Å². The fraction of sp³-hybridized carbons (Fsp3) is 0.100. The average molecular weight is 331 g/mol. The molecular weight excluding hydrogens is 322 g/mol. The lowest BCUT2D eigenvalue weighted by atomic mass is 10.3. The minimum Gasteiger partial charge on any atom is -0.467 e. The van der Waals surface area contributed by atoms with Crippen molar-refractivity contribution < 1.29 is 4.74 Å². The Morgan fingerprint density at radius 2 is 2.11 bits per heavy atom. The summed E-state index contributed by atoms with van der Waals surface area (Å²) in [6.07, 6.45) is 0. The predicted molar refractivity (Wildman–Crippen MR) is 73.2 cm³/mol. The Bertz CT molecular complexity index is 580. The molecule has 0 aliphatic rings. The van der Waals surface area contributed by atoms with Crippen LogP contribution >= 0.6 is 27.5 Å². The van der Waals surface area contributed by atoms with Crippen molar-refractivity contribution in [3.05, 3.63) is 27.7 Å². The molecule has 1 aromatic heterocycles. The van der Waals surface area contributed by atoms with E-state index in [1.165, 1.54) is 7.11 Å². The van der Waals surface area contributed by atoms with Gasteiger partial charge in [0.1, 0.15) is 0 Å². The fourth-order valence-electron chi connectivity index (χ4n) is 1.23. The van der Waals surface area contributed by atoms with Crippen molar-refractivity contribution in [1.82, 2.24) is 15.0 Å². The number of nitrogen functional groups attached to an aromatic ring is 1. The minimum absolute atomic E-state index is 0.0652. The van der Waals surface area contributed by atoms with Gasteiger partial charge in [-0.05, 0) is 18.2 Å². The average Bonchev–Trinajstić information content (AvgIpc) is 2.33. The third-order valence-electron chi connectivity index (χ3n) is 1.99. The highest BCUT2D eigenvalue weighted by Crippen LogP contribution is 2.27. The third kappa shape index (κ3) is 2.99. The van der Waals surface area contributed by atoms with Crippen LogP contribution in [0.5, 0.6) is 6.01 Å². The third-order valence-corrected chi connectivity index (χ3v) is 2.81. The van der Waals surface area contributed by atoms with E-state index >= 15 is 0 Å². The van der Waals surface area contributed by atoms with E-state index in [0.29, 0.717) is 10.7 Å². The molecule has 3 N–H and O–H groups in total. The van der Waals surface area contributed by atoms with E-state index in [4.69, 9.17) is 22.1 Å². The molecule has 18 heavy (non-hydrogen) atoms. The molecule has 0 aliphatic carbocycles. The Balaban J connectivity index is 2.33. The fourth-order valence-corrected chi connectivity index (χ4v) is 1.76. The van der Waals surface area contributed by atoms with Crippen molar-refractivity contribution >= 4 is 45.1 Å². The number of halogens is 2. The second-order valence-corrected chi connectivity index (χ2v) is 4.58. The second kappa shape index (κ2) is 5.36. The van der Waals surface area contributed by atoms with Crippen LogP contribution in [0.2, 0.25) is 5.02 Å². The number of nitrogens with zero attached hydrogens (tertiary/aromatic N) is 3. The van der Waals surface area contributed by atoms with Crippen molar-refractivity contribution in [2.75, 3.05) is 18.2 Å². The number of rotatable bonds is 3. The lowest BCUT2D eigenvalue weighted by Crippen LogP contribution is -2.05. The van der Waals surface area contributed by atoms with Crippen molar-refractivity contribution in [2.24, 2.45) is 0 Å². The molecule has 1 aromatic carbocycles. The highest BCUT2D eigenvalue weighted by Gasteiger charge is 2.07. The maximum Gasteiger partial charge on any atom is 0.322 e. The van der Waals surface area contributed by atoms with Gasteiger partial charge in [0, 0.05) is 4.47 Å². The molecule has 0 unspecified atom stereocenters. The van der Waals surface area contributed by atoms with Crippen LogP contribution in [0.1, 0.15) is 0 Å². The normalized spacial score (nSPS) is 10.2. The lowest BCUT2D eigenvalue weighted by Gasteiger charge is -2.08. The molecule has 2 aromatic rings. The Morgan fingerprint density at radius 3 is 2.83 bits per heavy atom. The number of hydrogen-bond acceptors (Lipinski definition) is 6. The first kappa shape index (κ1) is 12.8. The number of nitrogens with one attached hydrogen (secondary N) is 1. The van der Waals surface area contributed by atoms with Crippen LogP contribution in [-0.2, 0) is 0 Å². The molecule has 8 heteroatoms. The molecule has 0 radical (unpaired) electrons. The Kier molecular flexibility index (Phi) is 3.83. The van der Waals surface area contributed by atoms with Gasteiger partial charge in [0.15, 0.2) is 0 Å². The predicted octanol–water partition coefficient (Wildman–Crippen LogP) is 2.62. The SMILES string of the molecule is COc1nc(N)nc(Nc2cc(Br)ccc2Cl)n1. The van der Waals surface area contributed by atoms with Crippen molar-refractivity contribution in [2.45, 2.75) is 0 Å². The molecule has 0 atom stereocenters. The Labute approximate surface area is 117 Å². The van der Waals surface area contributed by atoms with E-state index in [1.807, 2.05) is 6.07 Å². The number of anilines is 3. The van der Waals surface area contributed by atoms with Crippen LogP contribution < -0.4 is 15.8 Å². The van der Waals surface area contributed by atoms with E-state index in [0.717, 1.165) is 4.47 Å². The highest BCUT2D eigenvalue weighted by atomic mass is 79.9. The van der Waals surface area contributed by atoms with Gasteiger partial charge in [-0.3, -0.25) is 0 Å². The molecule has 0 saturated carbocycles. The van der Waals surface area contributed by atoms with Gasteiger partial charge in [-0.2, -0.15) is 15.0 Å². The van der Waals surface area contributed by atoms with Gasteiger partial charge < -0.3 is 15.8 Å². The van der Waals surface area contributed by atoms with E-state index in [-0.39, 0.29) is 17.9 Å². The van der Waals surface area contributed by atoms with Gasteiger partial charge in [0.05, 0.1) is 17.8 Å². The summed E-state index contributed by atoms with van der Waals surface area (Å²) in [6, 6.07) is 5.51. The first-order valence-electron chi connectivity index (χ1n) is 4.86. The molecular formula is C10H9BrClN5O. The van der Waals surface area contributed by atoms with Gasteiger partial charge in [-0.15, -0.1) is 0 Å². The van der Waals surface area contributed by atoms with Crippen LogP contribution in [0.4, 0.5) is 17.6 Å². The summed E-state index contributed by atoms with van der Waals surface area (Å²) in [6.45, 7) is 0. The molecule has 0 fully saturated rings. The summed E-state index contributed by atoms with van der Waals surface area (Å²) in [5.41, 5.74) is 6.18. The monoisotopic (exact) mass is 329 g/mol. The topological polar surface area (TPSA) is 86.0 Å². The summed E-state index contributed by atoms with van der Waals surface area (Å²) in [5, 5.41) is 3.48. The molecule has 2 rings (SSSR count). The van der Waals surface area contributed by atoms with Crippen molar-refractivity contribution in [3.8, 4) is 6.01 Å². The number of hydrogen-bond donors (Lipinski definition) is 2. The lowest BCUT2D eigenvalue weighted by molar-refractivity contribution is 0.380. The van der Waals surface area contributed by atoms with Crippen LogP contribution in [0.25, 0.3) is 0 Å². The number of ether oxygens (including phenoxy) is 1. The first-order valence-corrected chi connectivity index (χ1v) is 6.03. The van der Waals surface area contributed by atoms with Crippen LogP contribution in [0.15, 0.2) is 22.7 Å². The maximum atomic E-state index is 6.04. The largest absolute Gasteiger partial charge is 0.467 e. The van der Waals surface area contributed by atoms with Crippen molar-refractivity contribution in [3.63, 3.8) is 0 Å². The number of benzene rings is 1. The molecule has 0 bridgehead atoms. The summed E-state index contributed by atoms with van der Waals surface area (Å²) in [4.78, 5) is 11.7. The standard InChI is InChI=1S/C10H9BrClN5O/c1-18-10-16-8(13)15-9(17-10)14-7-4-5(11)2-3-6(7)12/h2-4H,1H3,(H3,13,14,15,16,17). The molecule has 94 valence electrons. The van der Waals surface area contributed by atoms with Crippen LogP contribution in [-0.4, -0.2) is 22.1 Å². The summed E-state index contributed by atoms with van der Waals surface area (Å²) in [7, 11) is 1.45. The second-order valence-electron chi connectivity index (χ2n) is 3.25. The molecule has 0 aliphatic heterocycles. The molecule has 0 saturated heterocycles. The molecule has 0 amide bonds. The van der Waals surface area contributed by atoms with E-state index in [1.54, 1.807) is 12.1 Å². The minimum atomic E-state index is 0.0652. The summed E-state index contributed by atoms with van der Waals surface area (Å²) in [5.74, 6) is 0.329. The van der Waals surface area contributed by atoms with Gasteiger partial charge in [-0.1, -0.05) is 27.5 Å². The van der Waals surface area contributed by atoms with Gasteiger partial charge in [0.25, 0.3) is 0 Å². The van der Waals surface area contributed by atoms with Crippen LogP contribution in [0, 0.1) is 0 Å². The van der Waals surface area contributed by atoms with E-state index < -0.39 is 0 Å². The molecule has 0 spiro atoms. The maximum absolute atomic E-state index is 6.04. The molecule has 6 nitrogen and oxygen atoms in total.